The van der Waals surface area contributed by atoms with Gasteiger partial charge in [0.05, 0.1) is 18.8 Å². The Bertz CT molecular complexity index is 1340. The molecule has 0 aliphatic rings. The van der Waals surface area contributed by atoms with Crippen LogP contribution in [-0.2, 0) is 11.3 Å². The van der Waals surface area contributed by atoms with E-state index in [9.17, 15) is 9.59 Å². The van der Waals surface area contributed by atoms with Crippen molar-refractivity contribution in [3.8, 4) is 17.0 Å². The largest absolute Gasteiger partial charge is 0.497 e. The Morgan fingerprint density at radius 1 is 1.00 bits per heavy atom. The van der Waals surface area contributed by atoms with Crippen molar-refractivity contribution in [1.82, 2.24) is 19.5 Å². The van der Waals surface area contributed by atoms with Crippen LogP contribution in [0.2, 0.25) is 0 Å². The molecule has 7 nitrogen and oxygen atoms in total. The van der Waals surface area contributed by atoms with Crippen LogP contribution in [0.3, 0.4) is 0 Å². The van der Waals surface area contributed by atoms with Crippen molar-refractivity contribution in [3.05, 3.63) is 88.5 Å². The summed E-state index contributed by atoms with van der Waals surface area (Å²) in [7, 11) is 1.62. The fraction of sp³-hybridized carbons (Fsp3) is 0.296. The monoisotopic (exact) mass is 458 g/mol. The first-order chi connectivity index (χ1) is 16.4. The number of ether oxygens (including phenoxy) is 1. The van der Waals surface area contributed by atoms with Gasteiger partial charge in [-0.3, -0.25) is 9.59 Å². The molecule has 7 heteroatoms. The Morgan fingerprint density at radius 3 is 2.32 bits per heavy atom. The van der Waals surface area contributed by atoms with Gasteiger partial charge in [0.1, 0.15) is 11.3 Å². The molecule has 2 aromatic carbocycles. The van der Waals surface area contributed by atoms with Gasteiger partial charge in [0.25, 0.3) is 5.56 Å². The van der Waals surface area contributed by atoms with Crippen LogP contribution < -0.4 is 15.6 Å². The SMILES string of the molecule is COc1ccc([C@@H](C)NC(=O)CCn2ccn3nc(-c4ccc(C(C)C)cc4)cc3c2=O)cc1. The topological polar surface area (TPSA) is 77.6 Å². The fourth-order valence-corrected chi connectivity index (χ4v) is 3.89. The van der Waals surface area contributed by atoms with Crippen LogP contribution >= 0.6 is 0 Å². The molecule has 0 fully saturated rings. The van der Waals surface area contributed by atoms with E-state index >= 15 is 0 Å². The number of nitrogens with zero attached hydrogens (tertiary/aromatic N) is 3. The highest BCUT2D eigenvalue weighted by atomic mass is 16.5. The number of methoxy groups -OCH3 is 1. The lowest BCUT2D eigenvalue weighted by atomic mass is 10.0. The average Bonchev–Trinajstić information content (AvgIpc) is 3.29. The van der Waals surface area contributed by atoms with Crippen LogP contribution in [0.5, 0.6) is 5.75 Å². The van der Waals surface area contributed by atoms with Gasteiger partial charge in [-0.15, -0.1) is 0 Å². The van der Waals surface area contributed by atoms with Crippen LogP contribution in [-0.4, -0.2) is 27.2 Å². The van der Waals surface area contributed by atoms with Gasteiger partial charge < -0.3 is 14.6 Å². The van der Waals surface area contributed by atoms with Gasteiger partial charge in [-0.25, -0.2) is 4.52 Å². The second-order valence-electron chi connectivity index (χ2n) is 8.75. The van der Waals surface area contributed by atoms with E-state index in [4.69, 9.17) is 4.74 Å². The minimum atomic E-state index is -0.170. The van der Waals surface area contributed by atoms with E-state index in [2.05, 4.69) is 36.4 Å². The van der Waals surface area contributed by atoms with E-state index in [1.165, 1.54) is 5.56 Å². The summed E-state index contributed by atoms with van der Waals surface area (Å²) in [6.07, 6.45) is 3.63. The third-order valence-corrected chi connectivity index (χ3v) is 6.05. The standard InChI is InChI=1S/C27H30N4O3/c1-18(2)20-5-7-22(8-6-20)24-17-25-27(33)30(15-16-31(25)29-24)14-13-26(32)28-19(3)21-9-11-23(34-4)12-10-21/h5-12,15-19H,13-14H2,1-4H3,(H,28,32)/t19-/m1/s1. The van der Waals surface area contributed by atoms with Crippen molar-refractivity contribution in [3.63, 3.8) is 0 Å². The summed E-state index contributed by atoms with van der Waals surface area (Å²) in [6.45, 7) is 6.53. The molecular formula is C27H30N4O3. The highest BCUT2D eigenvalue weighted by molar-refractivity contribution is 5.76. The average molecular weight is 459 g/mol. The Kier molecular flexibility index (Phi) is 6.82. The Labute approximate surface area is 199 Å². The molecular weight excluding hydrogens is 428 g/mol. The van der Waals surface area contributed by atoms with Crippen molar-refractivity contribution in [2.45, 2.75) is 45.7 Å². The Morgan fingerprint density at radius 2 is 1.68 bits per heavy atom. The Hall–Kier alpha value is -3.87. The second kappa shape index (κ2) is 9.95. The van der Waals surface area contributed by atoms with Crippen molar-refractivity contribution in [1.29, 1.82) is 0 Å². The maximum atomic E-state index is 13.0. The minimum Gasteiger partial charge on any atom is -0.497 e. The van der Waals surface area contributed by atoms with Crippen molar-refractivity contribution in [2.75, 3.05) is 7.11 Å². The molecule has 2 heterocycles. The van der Waals surface area contributed by atoms with Gasteiger partial charge >= 0.3 is 0 Å². The Balaban J connectivity index is 1.43. The second-order valence-corrected chi connectivity index (χ2v) is 8.75. The molecule has 1 N–H and O–H groups in total. The maximum Gasteiger partial charge on any atom is 0.276 e. The lowest BCUT2D eigenvalue weighted by Crippen LogP contribution is -2.29. The molecule has 0 radical (unpaired) electrons. The summed E-state index contributed by atoms with van der Waals surface area (Å²) < 4.78 is 8.32. The predicted molar refractivity (Wildman–Crippen MR) is 133 cm³/mol. The molecule has 0 spiro atoms. The first-order valence-corrected chi connectivity index (χ1v) is 11.5. The highest BCUT2D eigenvalue weighted by Gasteiger charge is 2.13. The van der Waals surface area contributed by atoms with Crippen LogP contribution in [0, 0.1) is 0 Å². The summed E-state index contributed by atoms with van der Waals surface area (Å²) in [5.41, 5.74) is 4.27. The van der Waals surface area contributed by atoms with Gasteiger partial charge in [0.2, 0.25) is 5.91 Å². The van der Waals surface area contributed by atoms with Crippen LogP contribution in [0.25, 0.3) is 16.8 Å². The van der Waals surface area contributed by atoms with Crippen molar-refractivity contribution < 1.29 is 9.53 Å². The molecule has 1 amide bonds. The van der Waals surface area contributed by atoms with Crippen LogP contribution in [0.4, 0.5) is 0 Å². The summed E-state index contributed by atoms with van der Waals surface area (Å²) >= 11 is 0. The lowest BCUT2D eigenvalue weighted by Gasteiger charge is -2.15. The van der Waals surface area contributed by atoms with E-state index < -0.39 is 0 Å². The number of aromatic nitrogens is 3. The van der Waals surface area contributed by atoms with Gasteiger partial charge in [-0.1, -0.05) is 50.2 Å². The fourth-order valence-electron chi connectivity index (χ4n) is 3.89. The van der Waals surface area contributed by atoms with Crippen LogP contribution in [0.1, 0.15) is 50.3 Å². The third-order valence-electron chi connectivity index (χ3n) is 6.05. The van der Waals surface area contributed by atoms with E-state index in [1.54, 1.807) is 34.7 Å². The minimum absolute atomic E-state index is 0.116. The molecule has 0 saturated heterocycles. The molecule has 1 atom stereocenters. The van der Waals surface area contributed by atoms with Gasteiger partial charge in [-0.05, 0) is 42.2 Å². The van der Waals surface area contributed by atoms with Crippen LogP contribution in [0.15, 0.2) is 71.8 Å². The zero-order chi connectivity index (χ0) is 24.2. The van der Waals surface area contributed by atoms with E-state index in [0.717, 1.165) is 22.6 Å². The molecule has 0 aliphatic carbocycles. The number of hydrogen-bond acceptors (Lipinski definition) is 4. The number of carbonyl (C=O) groups excluding carboxylic acids is 1. The van der Waals surface area contributed by atoms with E-state index in [-0.39, 0.29) is 23.9 Å². The number of carbonyl (C=O) groups is 1. The first kappa shape index (κ1) is 23.3. The molecule has 0 bridgehead atoms. The number of amides is 1. The molecule has 4 aromatic rings. The number of aryl methyl sites for hydroxylation is 1. The summed E-state index contributed by atoms with van der Waals surface area (Å²) in [4.78, 5) is 25.5. The smallest absolute Gasteiger partial charge is 0.276 e. The first-order valence-electron chi connectivity index (χ1n) is 11.5. The highest BCUT2D eigenvalue weighted by Crippen LogP contribution is 2.22. The number of hydrogen-bond donors (Lipinski definition) is 1. The zero-order valence-corrected chi connectivity index (χ0v) is 20.0. The third kappa shape index (κ3) is 5.03. The zero-order valence-electron chi connectivity index (χ0n) is 20.0. The van der Waals surface area contributed by atoms with Crippen molar-refractivity contribution in [2.24, 2.45) is 0 Å². The summed E-state index contributed by atoms with van der Waals surface area (Å²) in [5, 5.41) is 7.54. The number of fused-ring (bicyclic) bond motifs is 1. The molecule has 34 heavy (non-hydrogen) atoms. The molecule has 4 rings (SSSR count). The molecule has 176 valence electrons. The molecule has 0 saturated carbocycles. The predicted octanol–water partition coefficient (Wildman–Crippen LogP) is 4.56. The molecule has 0 unspecified atom stereocenters. The number of rotatable bonds is 8. The molecule has 0 aliphatic heterocycles. The van der Waals surface area contributed by atoms with Gasteiger partial charge in [0.15, 0.2) is 0 Å². The van der Waals surface area contributed by atoms with E-state index in [0.29, 0.717) is 18.0 Å². The maximum absolute atomic E-state index is 13.0. The molecule has 2 aromatic heterocycles. The number of nitrogens with one attached hydrogen (secondary N) is 1. The van der Waals surface area contributed by atoms with Crippen molar-refractivity contribution >= 4 is 11.4 Å². The van der Waals surface area contributed by atoms with E-state index in [1.807, 2.05) is 43.3 Å². The quantitative estimate of drug-likeness (QED) is 0.420. The normalized spacial score (nSPS) is 12.1. The summed E-state index contributed by atoms with van der Waals surface area (Å²) in [6, 6.07) is 17.5. The number of benzene rings is 2. The lowest BCUT2D eigenvalue weighted by molar-refractivity contribution is -0.121. The van der Waals surface area contributed by atoms with Gasteiger partial charge in [-0.2, -0.15) is 5.10 Å². The van der Waals surface area contributed by atoms with Gasteiger partial charge in [0, 0.05) is 30.9 Å². The summed E-state index contributed by atoms with van der Waals surface area (Å²) in [5.74, 6) is 1.11.